The van der Waals surface area contributed by atoms with Gasteiger partial charge in [-0.1, -0.05) is 0 Å². The van der Waals surface area contributed by atoms with Crippen molar-refractivity contribution in [2.24, 2.45) is 0 Å². The summed E-state index contributed by atoms with van der Waals surface area (Å²) in [6.45, 7) is 7.28. The average Bonchev–Trinajstić information content (AvgIpc) is 2.50. The van der Waals surface area contributed by atoms with E-state index in [1.165, 1.54) is 0 Å². The van der Waals surface area contributed by atoms with Crippen molar-refractivity contribution < 1.29 is 22.9 Å². The molecule has 0 unspecified atom stereocenters. The van der Waals surface area contributed by atoms with Crippen molar-refractivity contribution in [1.82, 2.24) is 0 Å². The first-order valence-corrected chi connectivity index (χ1v) is 5.98. The molecule has 1 fully saturated rings. The SMILES string of the molecule is CC1(C)OB(c2cc(F)c(C=O)cc2F)OC1(C)C. The Morgan fingerprint density at radius 3 is 2.05 bits per heavy atom. The van der Waals surface area contributed by atoms with Gasteiger partial charge in [-0.05, 0) is 39.8 Å². The van der Waals surface area contributed by atoms with Gasteiger partial charge < -0.3 is 9.31 Å². The van der Waals surface area contributed by atoms with Crippen LogP contribution in [0.25, 0.3) is 0 Å². The normalized spacial score (nSPS) is 20.6. The molecule has 19 heavy (non-hydrogen) atoms. The van der Waals surface area contributed by atoms with Crippen LogP contribution in [0.15, 0.2) is 12.1 Å². The smallest absolute Gasteiger partial charge is 0.399 e. The van der Waals surface area contributed by atoms with Crippen LogP contribution < -0.4 is 5.46 Å². The molecule has 0 spiro atoms. The lowest BCUT2D eigenvalue weighted by Gasteiger charge is -2.32. The van der Waals surface area contributed by atoms with E-state index >= 15 is 0 Å². The van der Waals surface area contributed by atoms with Gasteiger partial charge in [0.15, 0.2) is 6.29 Å². The van der Waals surface area contributed by atoms with Crippen molar-refractivity contribution in [3.8, 4) is 0 Å². The zero-order valence-corrected chi connectivity index (χ0v) is 11.3. The highest BCUT2D eigenvalue weighted by Crippen LogP contribution is 2.36. The molecule has 1 aromatic carbocycles. The number of benzene rings is 1. The quantitative estimate of drug-likeness (QED) is 0.608. The van der Waals surface area contributed by atoms with Crippen LogP contribution in [0, 0.1) is 11.6 Å². The van der Waals surface area contributed by atoms with Crippen LogP contribution in [-0.2, 0) is 9.31 Å². The molecule has 1 aliphatic heterocycles. The number of rotatable bonds is 2. The van der Waals surface area contributed by atoms with Crippen LogP contribution in [0.1, 0.15) is 38.1 Å². The number of hydrogen-bond donors (Lipinski definition) is 0. The Morgan fingerprint density at radius 2 is 1.58 bits per heavy atom. The monoisotopic (exact) mass is 268 g/mol. The van der Waals surface area contributed by atoms with Crippen molar-refractivity contribution in [3.05, 3.63) is 29.3 Å². The van der Waals surface area contributed by atoms with Crippen LogP contribution in [0.3, 0.4) is 0 Å². The second-order valence-electron chi connectivity index (χ2n) is 5.60. The lowest BCUT2D eigenvalue weighted by Crippen LogP contribution is -2.41. The molecule has 0 aliphatic carbocycles. The molecule has 1 saturated heterocycles. The maximum Gasteiger partial charge on any atom is 0.497 e. The first-order chi connectivity index (χ1) is 8.68. The lowest BCUT2D eigenvalue weighted by molar-refractivity contribution is 0.00578. The molecule has 0 bridgehead atoms. The van der Waals surface area contributed by atoms with E-state index in [4.69, 9.17) is 9.31 Å². The largest absolute Gasteiger partial charge is 0.497 e. The standard InChI is InChI=1S/C13H15BF2O3/c1-12(2)13(3,4)19-14(18-12)9-6-10(15)8(7-17)5-11(9)16/h5-7H,1-4H3. The zero-order valence-electron chi connectivity index (χ0n) is 11.3. The summed E-state index contributed by atoms with van der Waals surface area (Å²) in [5, 5.41) is 0. The number of aldehydes is 1. The molecular formula is C13H15BF2O3. The predicted octanol–water partition coefficient (Wildman–Crippen LogP) is 2.08. The summed E-state index contributed by atoms with van der Waals surface area (Å²) in [5.74, 6) is -1.51. The number of carbonyl (C=O) groups is 1. The molecular weight excluding hydrogens is 253 g/mol. The van der Waals surface area contributed by atoms with Gasteiger partial charge in [-0.2, -0.15) is 0 Å². The highest BCUT2D eigenvalue weighted by Gasteiger charge is 2.52. The molecule has 1 aromatic rings. The second-order valence-corrected chi connectivity index (χ2v) is 5.60. The predicted molar refractivity (Wildman–Crippen MR) is 67.5 cm³/mol. The van der Waals surface area contributed by atoms with E-state index < -0.39 is 30.0 Å². The van der Waals surface area contributed by atoms with E-state index in [0.29, 0.717) is 0 Å². The van der Waals surface area contributed by atoms with E-state index in [1.54, 1.807) is 0 Å². The average molecular weight is 268 g/mol. The Labute approximate surface area is 111 Å². The summed E-state index contributed by atoms with van der Waals surface area (Å²) in [7, 11) is -0.986. The second kappa shape index (κ2) is 4.39. The Kier molecular flexibility index (Phi) is 3.27. The highest BCUT2D eigenvalue weighted by molar-refractivity contribution is 6.62. The van der Waals surface area contributed by atoms with Crippen LogP contribution >= 0.6 is 0 Å². The van der Waals surface area contributed by atoms with E-state index in [0.717, 1.165) is 12.1 Å². The molecule has 1 heterocycles. The molecule has 0 amide bonds. The molecule has 1 aliphatic rings. The minimum Gasteiger partial charge on any atom is -0.399 e. The molecule has 0 atom stereocenters. The Bertz CT molecular complexity index is 513. The summed E-state index contributed by atoms with van der Waals surface area (Å²) in [5.41, 5.74) is -1.63. The summed E-state index contributed by atoms with van der Waals surface area (Å²) in [6.07, 6.45) is 0.270. The Hall–Kier alpha value is -1.27. The Balaban J connectivity index is 2.40. The maximum atomic E-state index is 13.9. The summed E-state index contributed by atoms with van der Waals surface area (Å²) in [6, 6.07) is 1.80. The fraction of sp³-hybridized carbons (Fsp3) is 0.462. The summed E-state index contributed by atoms with van der Waals surface area (Å²) in [4.78, 5) is 10.5. The van der Waals surface area contributed by atoms with Gasteiger partial charge in [-0.25, -0.2) is 8.78 Å². The molecule has 0 saturated carbocycles. The van der Waals surface area contributed by atoms with Gasteiger partial charge in [0.1, 0.15) is 11.6 Å². The minimum absolute atomic E-state index is 0.0400. The fourth-order valence-corrected chi connectivity index (χ4v) is 1.82. The third-order valence-electron chi connectivity index (χ3n) is 3.75. The van der Waals surface area contributed by atoms with Crippen molar-refractivity contribution in [2.75, 3.05) is 0 Å². The van der Waals surface area contributed by atoms with E-state index in [2.05, 4.69) is 0 Å². The third kappa shape index (κ3) is 2.30. The van der Waals surface area contributed by atoms with Crippen LogP contribution in [-0.4, -0.2) is 24.6 Å². The first kappa shape index (κ1) is 14.2. The zero-order chi connectivity index (χ0) is 14.4. The molecule has 0 N–H and O–H groups in total. The van der Waals surface area contributed by atoms with Crippen molar-refractivity contribution >= 4 is 18.9 Å². The minimum atomic E-state index is -0.986. The van der Waals surface area contributed by atoms with Gasteiger partial charge >= 0.3 is 7.12 Å². The first-order valence-electron chi connectivity index (χ1n) is 5.98. The van der Waals surface area contributed by atoms with Gasteiger partial charge in [0.2, 0.25) is 0 Å². The summed E-state index contributed by atoms with van der Waals surface area (Å²) < 4.78 is 38.7. The van der Waals surface area contributed by atoms with Crippen molar-refractivity contribution in [1.29, 1.82) is 0 Å². The fourth-order valence-electron chi connectivity index (χ4n) is 1.82. The number of halogens is 2. The molecule has 102 valence electrons. The van der Waals surface area contributed by atoms with E-state index in [-0.39, 0.29) is 17.3 Å². The maximum absolute atomic E-state index is 13.9. The third-order valence-corrected chi connectivity index (χ3v) is 3.75. The molecule has 6 heteroatoms. The van der Waals surface area contributed by atoms with E-state index in [9.17, 15) is 13.6 Å². The highest BCUT2D eigenvalue weighted by atomic mass is 19.1. The summed E-state index contributed by atoms with van der Waals surface area (Å²) >= 11 is 0. The van der Waals surface area contributed by atoms with Gasteiger partial charge in [-0.3, -0.25) is 4.79 Å². The molecule has 2 rings (SSSR count). The van der Waals surface area contributed by atoms with Crippen LogP contribution in [0.2, 0.25) is 0 Å². The molecule has 0 radical (unpaired) electrons. The van der Waals surface area contributed by atoms with Crippen molar-refractivity contribution in [3.63, 3.8) is 0 Å². The van der Waals surface area contributed by atoms with Gasteiger partial charge in [0.25, 0.3) is 0 Å². The molecule has 3 nitrogen and oxygen atoms in total. The number of carbonyl (C=O) groups excluding carboxylic acids is 1. The van der Waals surface area contributed by atoms with Crippen molar-refractivity contribution in [2.45, 2.75) is 38.9 Å². The van der Waals surface area contributed by atoms with Gasteiger partial charge in [0.05, 0.1) is 16.8 Å². The number of hydrogen-bond acceptors (Lipinski definition) is 3. The lowest BCUT2D eigenvalue weighted by atomic mass is 9.78. The van der Waals surface area contributed by atoms with Crippen LogP contribution in [0.5, 0.6) is 0 Å². The topological polar surface area (TPSA) is 35.5 Å². The molecule has 0 aromatic heterocycles. The van der Waals surface area contributed by atoms with E-state index in [1.807, 2.05) is 27.7 Å². The van der Waals surface area contributed by atoms with Gasteiger partial charge in [0, 0.05) is 5.46 Å². The Morgan fingerprint density at radius 1 is 1.05 bits per heavy atom. The van der Waals surface area contributed by atoms with Crippen LogP contribution in [0.4, 0.5) is 8.78 Å². The van der Waals surface area contributed by atoms with Gasteiger partial charge in [-0.15, -0.1) is 0 Å².